The van der Waals surface area contributed by atoms with Crippen LogP contribution in [-0.2, 0) is 6.42 Å². The number of nitrogens with two attached hydrogens (primary N) is 1. The molecule has 0 saturated carbocycles. The van der Waals surface area contributed by atoms with Crippen molar-refractivity contribution in [3.63, 3.8) is 0 Å². The van der Waals surface area contributed by atoms with E-state index in [0.29, 0.717) is 0 Å². The van der Waals surface area contributed by atoms with Crippen molar-refractivity contribution in [3.8, 4) is 11.3 Å². The normalized spacial score (nSPS) is 11.4. The molecule has 0 spiro atoms. The lowest BCUT2D eigenvalue weighted by atomic mass is 9.93. The molecule has 0 aliphatic carbocycles. The molecule has 0 unspecified atom stereocenters. The third-order valence-corrected chi connectivity index (χ3v) is 4.87. The van der Waals surface area contributed by atoms with Crippen LogP contribution in [0.3, 0.4) is 0 Å². The van der Waals surface area contributed by atoms with Crippen LogP contribution >= 0.6 is 0 Å². The lowest BCUT2D eigenvalue weighted by molar-refractivity contribution is 0.748. The summed E-state index contributed by atoms with van der Waals surface area (Å²) in [6.45, 7) is 9.53. The second kappa shape index (κ2) is 6.82. The minimum Gasteiger partial charge on any atom is -0.354 e. The molecule has 0 aliphatic heterocycles. The van der Waals surface area contributed by atoms with E-state index in [2.05, 4.69) is 63.0 Å². The highest BCUT2D eigenvalue weighted by molar-refractivity contribution is 5.92. The van der Waals surface area contributed by atoms with Crippen LogP contribution in [0.2, 0.25) is 0 Å². The van der Waals surface area contributed by atoms with Crippen molar-refractivity contribution in [2.75, 3.05) is 6.54 Å². The van der Waals surface area contributed by atoms with Gasteiger partial charge in [-0.05, 0) is 82.3 Å². The summed E-state index contributed by atoms with van der Waals surface area (Å²) >= 11 is 0. The molecular formula is C22H28N2. The summed E-state index contributed by atoms with van der Waals surface area (Å²) in [6, 6.07) is 11.3. The number of fused-ring (bicyclic) bond motifs is 1. The Kier molecular flexibility index (Phi) is 4.77. The Morgan fingerprint density at radius 1 is 0.875 bits per heavy atom. The van der Waals surface area contributed by atoms with Crippen molar-refractivity contribution < 1.29 is 0 Å². The van der Waals surface area contributed by atoms with E-state index in [9.17, 15) is 0 Å². The molecule has 0 radical (unpaired) electrons. The molecule has 0 bridgehead atoms. The molecule has 24 heavy (non-hydrogen) atoms. The minimum absolute atomic E-state index is 0.763. The molecule has 0 amide bonds. The standard InChI is InChI=1S/C22H28N2/c1-14-8-9-20-19(13-14)18(7-5-6-10-23)22(24-20)21-16(3)11-15(2)12-17(21)4/h8-9,11-13,24H,5-7,10,23H2,1-4H3. The van der Waals surface area contributed by atoms with E-state index >= 15 is 0 Å². The van der Waals surface area contributed by atoms with Crippen LogP contribution in [0.1, 0.15) is 40.7 Å². The maximum absolute atomic E-state index is 5.71. The summed E-state index contributed by atoms with van der Waals surface area (Å²) in [5, 5.41) is 1.36. The van der Waals surface area contributed by atoms with E-state index in [0.717, 1.165) is 25.8 Å². The zero-order valence-electron chi connectivity index (χ0n) is 15.3. The summed E-state index contributed by atoms with van der Waals surface area (Å²) in [6.07, 6.45) is 3.28. The first-order valence-corrected chi connectivity index (χ1v) is 8.90. The Bertz CT molecular complexity index is 848. The van der Waals surface area contributed by atoms with Gasteiger partial charge < -0.3 is 10.7 Å². The fraction of sp³-hybridized carbons (Fsp3) is 0.364. The smallest absolute Gasteiger partial charge is 0.0502 e. The Balaban J connectivity index is 2.21. The predicted octanol–water partition coefficient (Wildman–Crippen LogP) is 5.35. The molecule has 126 valence electrons. The number of unbranched alkanes of at least 4 members (excludes halogenated alkanes) is 1. The Morgan fingerprint density at radius 2 is 1.58 bits per heavy atom. The van der Waals surface area contributed by atoms with Crippen molar-refractivity contribution in [3.05, 3.63) is 58.1 Å². The summed E-state index contributed by atoms with van der Waals surface area (Å²) in [4.78, 5) is 3.70. The number of benzene rings is 2. The van der Waals surface area contributed by atoms with E-state index in [1.54, 1.807) is 0 Å². The van der Waals surface area contributed by atoms with Gasteiger partial charge in [0.2, 0.25) is 0 Å². The number of rotatable bonds is 5. The van der Waals surface area contributed by atoms with E-state index in [1.165, 1.54) is 50.0 Å². The van der Waals surface area contributed by atoms with Gasteiger partial charge in [0.1, 0.15) is 0 Å². The molecule has 2 aromatic carbocycles. The number of aromatic nitrogens is 1. The number of hydrogen-bond acceptors (Lipinski definition) is 1. The zero-order valence-corrected chi connectivity index (χ0v) is 15.3. The monoisotopic (exact) mass is 320 g/mol. The van der Waals surface area contributed by atoms with Crippen LogP contribution in [0, 0.1) is 27.7 Å². The second-order valence-corrected chi connectivity index (χ2v) is 7.05. The number of hydrogen-bond donors (Lipinski definition) is 2. The van der Waals surface area contributed by atoms with Gasteiger partial charge in [-0.2, -0.15) is 0 Å². The van der Waals surface area contributed by atoms with E-state index < -0.39 is 0 Å². The van der Waals surface area contributed by atoms with Gasteiger partial charge in [-0.3, -0.25) is 0 Å². The first-order chi connectivity index (χ1) is 11.5. The first kappa shape index (κ1) is 16.8. The lowest BCUT2D eigenvalue weighted by Crippen LogP contribution is -2.00. The van der Waals surface area contributed by atoms with Crippen LogP contribution in [0.4, 0.5) is 0 Å². The minimum atomic E-state index is 0.763. The molecule has 0 saturated heterocycles. The molecule has 0 aliphatic rings. The molecule has 2 heteroatoms. The summed E-state index contributed by atoms with van der Waals surface area (Å²) < 4.78 is 0. The predicted molar refractivity (Wildman–Crippen MR) is 105 cm³/mol. The molecule has 3 rings (SSSR count). The van der Waals surface area contributed by atoms with Crippen LogP contribution < -0.4 is 5.73 Å². The van der Waals surface area contributed by atoms with Crippen LogP contribution in [-0.4, -0.2) is 11.5 Å². The van der Waals surface area contributed by atoms with Gasteiger partial charge in [0, 0.05) is 16.5 Å². The highest BCUT2D eigenvalue weighted by Gasteiger charge is 2.16. The Morgan fingerprint density at radius 3 is 2.25 bits per heavy atom. The highest BCUT2D eigenvalue weighted by atomic mass is 14.7. The molecule has 0 fully saturated rings. The first-order valence-electron chi connectivity index (χ1n) is 8.90. The third kappa shape index (κ3) is 3.11. The van der Waals surface area contributed by atoms with Crippen molar-refractivity contribution in [2.45, 2.75) is 47.0 Å². The van der Waals surface area contributed by atoms with Gasteiger partial charge in [0.15, 0.2) is 0 Å². The summed E-state index contributed by atoms with van der Waals surface area (Å²) in [7, 11) is 0. The zero-order chi connectivity index (χ0) is 17.3. The number of nitrogens with one attached hydrogen (secondary N) is 1. The average molecular weight is 320 g/mol. The maximum atomic E-state index is 5.71. The van der Waals surface area contributed by atoms with Crippen LogP contribution in [0.25, 0.3) is 22.2 Å². The number of aromatic amines is 1. The van der Waals surface area contributed by atoms with Crippen molar-refractivity contribution in [1.82, 2.24) is 4.98 Å². The molecule has 3 N–H and O–H groups in total. The van der Waals surface area contributed by atoms with Gasteiger partial charge in [-0.1, -0.05) is 29.3 Å². The van der Waals surface area contributed by atoms with Crippen LogP contribution in [0.5, 0.6) is 0 Å². The highest BCUT2D eigenvalue weighted by Crippen LogP contribution is 2.36. The Hall–Kier alpha value is -2.06. The molecule has 2 nitrogen and oxygen atoms in total. The SMILES string of the molecule is Cc1cc(C)c(-c2[nH]c3ccc(C)cc3c2CCCCN)c(C)c1. The molecule has 1 aromatic heterocycles. The van der Waals surface area contributed by atoms with Crippen molar-refractivity contribution in [1.29, 1.82) is 0 Å². The molecule has 3 aromatic rings. The summed E-state index contributed by atoms with van der Waals surface area (Å²) in [5.74, 6) is 0. The van der Waals surface area contributed by atoms with E-state index in [1.807, 2.05) is 0 Å². The Labute approximate surface area is 145 Å². The maximum Gasteiger partial charge on any atom is 0.0502 e. The van der Waals surface area contributed by atoms with Crippen molar-refractivity contribution in [2.24, 2.45) is 5.73 Å². The fourth-order valence-electron chi connectivity index (χ4n) is 3.86. The fourth-order valence-corrected chi connectivity index (χ4v) is 3.86. The number of H-pyrrole nitrogens is 1. The van der Waals surface area contributed by atoms with Gasteiger partial charge >= 0.3 is 0 Å². The quantitative estimate of drug-likeness (QED) is 0.611. The van der Waals surface area contributed by atoms with Gasteiger partial charge in [0.25, 0.3) is 0 Å². The molecule has 0 atom stereocenters. The van der Waals surface area contributed by atoms with Gasteiger partial charge in [-0.25, -0.2) is 0 Å². The van der Waals surface area contributed by atoms with Gasteiger partial charge in [-0.15, -0.1) is 0 Å². The largest absolute Gasteiger partial charge is 0.354 e. The molecular weight excluding hydrogens is 292 g/mol. The van der Waals surface area contributed by atoms with E-state index in [-0.39, 0.29) is 0 Å². The third-order valence-electron chi connectivity index (χ3n) is 4.87. The van der Waals surface area contributed by atoms with Gasteiger partial charge in [0.05, 0.1) is 5.69 Å². The number of aryl methyl sites for hydroxylation is 5. The lowest BCUT2D eigenvalue weighted by Gasteiger charge is -2.13. The summed E-state index contributed by atoms with van der Waals surface area (Å²) in [5.41, 5.74) is 16.4. The molecule has 1 heterocycles. The topological polar surface area (TPSA) is 41.8 Å². The van der Waals surface area contributed by atoms with Crippen molar-refractivity contribution >= 4 is 10.9 Å². The average Bonchev–Trinajstić information content (AvgIpc) is 2.84. The van der Waals surface area contributed by atoms with Crippen LogP contribution in [0.15, 0.2) is 30.3 Å². The van der Waals surface area contributed by atoms with E-state index in [4.69, 9.17) is 5.73 Å². The second-order valence-electron chi connectivity index (χ2n) is 7.05.